The molecule has 1 aromatic heterocycles. The van der Waals surface area contributed by atoms with Gasteiger partial charge in [0.2, 0.25) is 10.0 Å². The van der Waals surface area contributed by atoms with E-state index in [-0.39, 0.29) is 5.25 Å². The van der Waals surface area contributed by atoms with E-state index >= 15 is 0 Å². The van der Waals surface area contributed by atoms with Crippen molar-refractivity contribution in [3.8, 4) is 0 Å². The number of rotatable bonds is 3. The fourth-order valence-electron chi connectivity index (χ4n) is 2.45. The molecule has 0 atom stereocenters. The molecule has 0 radical (unpaired) electrons. The van der Waals surface area contributed by atoms with Crippen LogP contribution >= 0.6 is 15.9 Å². The minimum Gasteiger partial charge on any atom is -0.268 e. The van der Waals surface area contributed by atoms with Crippen molar-refractivity contribution in [3.63, 3.8) is 0 Å². The predicted octanol–water partition coefficient (Wildman–Crippen LogP) is 1.77. The topological polar surface area (TPSA) is 55.2 Å². The second-order valence-corrected chi connectivity index (χ2v) is 8.14. The predicted molar refractivity (Wildman–Crippen MR) is 71.7 cm³/mol. The molecule has 1 saturated heterocycles. The Kier molecular flexibility index (Phi) is 3.23. The molecule has 1 saturated carbocycles. The molecule has 0 unspecified atom stereocenters. The zero-order chi connectivity index (χ0) is 12.8. The third-order valence-electron chi connectivity index (χ3n) is 3.67. The molecule has 7 heteroatoms. The highest BCUT2D eigenvalue weighted by Crippen LogP contribution is 2.33. The van der Waals surface area contributed by atoms with E-state index in [2.05, 4.69) is 21.0 Å². The fraction of sp³-hybridized carbons (Fsp3) is 0.727. The maximum Gasteiger partial charge on any atom is 0.216 e. The van der Waals surface area contributed by atoms with Crippen molar-refractivity contribution in [1.82, 2.24) is 14.1 Å². The number of piperidine rings is 1. The molecule has 2 heterocycles. The summed E-state index contributed by atoms with van der Waals surface area (Å²) in [6, 6.07) is 0.321. The molecule has 0 bridgehead atoms. The van der Waals surface area contributed by atoms with Gasteiger partial charge < -0.3 is 0 Å². The number of sulfonamides is 1. The first kappa shape index (κ1) is 12.6. The second-order valence-electron chi connectivity index (χ2n) is 5.01. The largest absolute Gasteiger partial charge is 0.268 e. The lowest BCUT2D eigenvalue weighted by molar-refractivity contribution is 0.261. The Hall–Kier alpha value is -0.400. The third-order valence-corrected chi connectivity index (χ3v) is 6.48. The Morgan fingerprint density at radius 1 is 1.22 bits per heavy atom. The van der Waals surface area contributed by atoms with Crippen molar-refractivity contribution in [3.05, 3.63) is 16.9 Å². The van der Waals surface area contributed by atoms with Gasteiger partial charge in [-0.3, -0.25) is 4.68 Å². The first-order valence-electron chi connectivity index (χ1n) is 6.26. The zero-order valence-corrected chi connectivity index (χ0v) is 12.4. The van der Waals surface area contributed by atoms with Gasteiger partial charge >= 0.3 is 0 Å². The van der Waals surface area contributed by atoms with Gasteiger partial charge in [0, 0.05) is 19.3 Å². The Labute approximate surface area is 115 Å². The summed E-state index contributed by atoms with van der Waals surface area (Å²) in [5, 5.41) is 4.19. The zero-order valence-electron chi connectivity index (χ0n) is 10.00. The third kappa shape index (κ3) is 2.35. The van der Waals surface area contributed by atoms with Crippen LogP contribution in [0.5, 0.6) is 0 Å². The molecule has 5 nitrogen and oxygen atoms in total. The molecule has 100 valence electrons. The summed E-state index contributed by atoms with van der Waals surface area (Å²) in [5.41, 5.74) is 0. The van der Waals surface area contributed by atoms with E-state index in [9.17, 15) is 8.42 Å². The molecule has 1 aliphatic carbocycles. The molecule has 0 spiro atoms. The van der Waals surface area contributed by atoms with Crippen molar-refractivity contribution in [2.45, 2.75) is 37.0 Å². The normalized spacial score (nSPS) is 23.4. The van der Waals surface area contributed by atoms with Gasteiger partial charge in [0.05, 0.1) is 22.0 Å². The molecular weight excluding hydrogens is 318 g/mol. The maximum absolute atomic E-state index is 12.1. The first-order valence-corrected chi connectivity index (χ1v) is 8.55. The molecule has 0 N–H and O–H groups in total. The van der Waals surface area contributed by atoms with E-state index in [4.69, 9.17) is 0 Å². The highest BCUT2D eigenvalue weighted by molar-refractivity contribution is 9.10. The maximum atomic E-state index is 12.1. The molecule has 18 heavy (non-hydrogen) atoms. The van der Waals surface area contributed by atoms with Gasteiger partial charge in [-0.1, -0.05) is 0 Å². The standard InChI is InChI=1S/C11H16BrN3O2S/c12-9-7-13-15(8-9)10-3-5-14(6-4-10)18(16,17)11-1-2-11/h7-8,10-11H,1-6H2. The van der Waals surface area contributed by atoms with Gasteiger partial charge in [-0.25, -0.2) is 12.7 Å². The lowest BCUT2D eigenvalue weighted by Crippen LogP contribution is -2.40. The van der Waals surface area contributed by atoms with Crippen molar-refractivity contribution in [2.24, 2.45) is 0 Å². The average molecular weight is 334 g/mol. The fourth-order valence-corrected chi connectivity index (χ4v) is 4.63. The number of hydrogen-bond acceptors (Lipinski definition) is 3. The lowest BCUT2D eigenvalue weighted by atomic mass is 10.1. The van der Waals surface area contributed by atoms with Crippen molar-refractivity contribution in [2.75, 3.05) is 13.1 Å². The number of aromatic nitrogens is 2. The Balaban J connectivity index is 1.64. The van der Waals surface area contributed by atoms with Crippen molar-refractivity contribution >= 4 is 26.0 Å². The van der Waals surface area contributed by atoms with Gasteiger partial charge in [-0.15, -0.1) is 0 Å². The van der Waals surface area contributed by atoms with Crippen LogP contribution in [0.25, 0.3) is 0 Å². The Morgan fingerprint density at radius 3 is 2.39 bits per heavy atom. The van der Waals surface area contributed by atoms with Gasteiger partial charge in [0.15, 0.2) is 0 Å². The van der Waals surface area contributed by atoms with Crippen LogP contribution in [0.2, 0.25) is 0 Å². The summed E-state index contributed by atoms with van der Waals surface area (Å²) in [4.78, 5) is 0. The van der Waals surface area contributed by atoms with Gasteiger partial charge in [0.1, 0.15) is 0 Å². The molecule has 0 amide bonds. The number of halogens is 1. The summed E-state index contributed by atoms with van der Waals surface area (Å²) >= 11 is 3.38. The van der Waals surface area contributed by atoms with E-state index in [0.29, 0.717) is 19.1 Å². The van der Waals surface area contributed by atoms with Gasteiger partial charge in [-0.05, 0) is 41.6 Å². The number of hydrogen-bond donors (Lipinski definition) is 0. The van der Waals surface area contributed by atoms with E-state index in [1.807, 2.05) is 10.9 Å². The monoisotopic (exact) mass is 333 g/mol. The van der Waals surface area contributed by atoms with Crippen LogP contribution in [0.15, 0.2) is 16.9 Å². The summed E-state index contributed by atoms with van der Waals surface area (Å²) in [6.45, 7) is 1.25. The SMILES string of the molecule is O=S(=O)(C1CC1)N1CCC(n2cc(Br)cn2)CC1. The summed E-state index contributed by atoms with van der Waals surface area (Å²) in [7, 11) is -2.99. The second kappa shape index (κ2) is 4.61. The van der Waals surface area contributed by atoms with Crippen LogP contribution < -0.4 is 0 Å². The Morgan fingerprint density at radius 2 is 1.89 bits per heavy atom. The highest BCUT2D eigenvalue weighted by Gasteiger charge is 2.41. The van der Waals surface area contributed by atoms with Crippen LogP contribution in [0.3, 0.4) is 0 Å². The van der Waals surface area contributed by atoms with Crippen LogP contribution in [-0.2, 0) is 10.0 Å². The van der Waals surface area contributed by atoms with Crippen LogP contribution in [0, 0.1) is 0 Å². The summed E-state index contributed by atoms with van der Waals surface area (Å²) < 4.78 is 28.8. The van der Waals surface area contributed by atoms with E-state index in [1.54, 1.807) is 10.5 Å². The summed E-state index contributed by atoms with van der Waals surface area (Å²) in [6.07, 6.45) is 7.10. The Bertz CT molecular complexity index is 530. The minimum absolute atomic E-state index is 0.0899. The first-order chi connectivity index (χ1) is 8.57. The van der Waals surface area contributed by atoms with Crippen LogP contribution in [-0.4, -0.2) is 40.8 Å². The van der Waals surface area contributed by atoms with E-state index in [1.165, 1.54) is 0 Å². The molecule has 2 fully saturated rings. The molecule has 3 rings (SSSR count). The smallest absolute Gasteiger partial charge is 0.216 e. The molecule has 0 aromatic carbocycles. The molecule has 1 aromatic rings. The average Bonchev–Trinajstić information content (AvgIpc) is 3.13. The number of nitrogens with zero attached hydrogens (tertiary/aromatic N) is 3. The van der Waals surface area contributed by atoms with Gasteiger partial charge in [-0.2, -0.15) is 5.10 Å². The van der Waals surface area contributed by atoms with E-state index in [0.717, 1.165) is 30.2 Å². The highest BCUT2D eigenvalue weighted by atomic mass is 79.9. The van der Waals surface area contributed by atoms with Gasteiger partial charge in [0.25, 0.3) is 0 Å². The lowest BCUT2D eigenvalue weighted by Gasteiger charge is -2.31. The van der Waals surface area contributed by atoms with Crippen LogP contribution in [0.4, 0.5) is 0 Å². The van der Waals surface area contributed by atoms with Crippen molar-refractivity contribution in [1.29, 1.82) is 0 Å². The molecule has 2 aliphatic rings. The quantitative estimate of drug-likeness (QED) is 0.847. The van der Waals surface area contributed by atoms with E-state index < -0.39 is 10.0 Å². The molecule has 1 aliphatic heterocycles. The van der Waals surface area contributed by atoms with Crippen molar-refractivity contribution < 1.29 is 8.42 Å². The molecular formula is C11H16BrN3O2S. The summed E-state index contributed by atoms with van der Waals surface area (Å²) in [5.74, 6) is 0. The minimum atomic E-state index is -2.99. The van der Waals surface area contributed by atoms with Crippen LogP contribution in [0.1, 0.15) is 31.7 Å².